The van der Waals surface area contributed by atoms with Crippen molar-refractivity contribution in [1.82, 2.24) is 4.98 Å². The molecule has 0 aliphatic heterocycles. The summed E-state index contributed by atoms with van der Waals surface area (Å²) in [7, 11) is 0. The fourth-order valence-corrected chi connectivity index (χ4v) is 2.51. The molecule has 3 aromatic rings. The molecule has 1 heterocycles. The van der Waals surface area contributed by atoms with Crippen LogP contribution in [0.4, 0.5) is 4.39 Å². The van der Waals surface area contributed by atoms with Gasteiger partial charge in [0.25, 0.3) is 0 Å². The topological polar surface area (TPSA) is 15.8 Å². The van der Waals surface area contributed by atoms with E-state index >= 15 is 0 Å². The summed E-state index contributed by atoms with van der Waals surface area (Å²) in [6, 6.07) is 14.9. The summed E-state index contributed by atoms with van der Waals surface area (Å²) in [5, 5.41) is 1.22. The molecule has 2 aromatic carbocycles. The Morgan fingerprint density at radius 1 is 1.05 bits per heavy atom. The number of aromatic nitrogens is 1. The average Bonchev–Trinajstić information content (AvgIpc) is 2.84. The molecule has 3 rings (SSSR count). The van der Waals surface area contributed by atoms with Gasteiger partial charge < -0.3 is 4.98 Å². The molecular formula is C18H17FN. The number of para-hydroxylation sites is 1. The van der Waals surface area contributed by atoms with Crippen molar-refractivity contribution in [1.29, 1.82) is 0 Å². The van der Waals surface area contributed by atoms with Gasteiger partial charge in [-0.2, -0.15) is 0 Å². The van der Waals surface area contributed by atoms with Gasteiger partial charge in [0, 0.05) is 16.6 Å². The lowest BCUT2D eigenvalue weighted by Gasteiger charge is -2.04. The van der Waals surface area contributed by atoms with Crippen molar-refractivity contribution in [2.45, 2.75) is 19.8 Å². The molecule has 0 bridgehead atoms. The molecule has 1 N–H and O–H groups in total. The Kier molecular flexibility index (Phi) is 3.55. The Hall–Kier alpha value is -2.09. The van der Waals surface area contributed by atoms with Crippen molar-refractivity contribution < 1.29 is 4.39 Å². The zero-order valence-electron chi connectivity index (χ0n) is 11.5. The summed E-state index contributed by atoms with van der Waals surface area (Å²) in [6.07, 6.45) is 4.41. The SMILES string of the molecule is CCC[CH]c1c(-c2ccc(F)cc2)[nH]c2ccccc12. The van der Waals surface area contributed by atoms with E-state index in [9.17, 15) is 4.39 Å². The summed E-state index contributed by atoms with van der Waals surface area (Å²) >= 11 is 0. The number of fused-ring (bicyclic) bond motifs is 1. The maximum atomic E-state index is 13.1. The molecule has 0 saturated heterocycles. The van der Waals surface area contributed by atoms with Crippen molar-refractivity contribution in [3.05, 3.63) is 66.3 Å². The lowest BCUT2D eigenvalue weighted by Crippen LogP contribution is -1.86. The van der Waals surface area contributed by atoms with Crippen molar-refractivity contribution in [2.75, 3.05) is 0 Å². The van der Waals surface area contributed by atoms with Crippen LogP contribution in [0.25, 0.3) is 22.2 Å². The fraction of sp³-hybridized carbons (Fsp3) is 0.167. The van der Waals surface area contributed by atoms with E-state index in [-0.39, 0.29) is 5.82 Å². The number of halogens is 1. The van der Waals surface area contributed by atoms with Crippen LogP contribution >= 0.6 is 0 Å². The number of rotatable bonds is 4. The first-order valence-corrected chi connectivity index (χ1v) is 6.99. The highest BCUT2D eigenvalue weighted by atomic mass is 19.1. The molecule has 20 heavy (non-hydrogen) atoms. The second-order valence-corrected chi connectivity index (χ2v) is 4.96. The van der Waals surface area contributed by atoms with E-state index in [0.717, 1.165) is 29.6 Å². The summed E-state index contributed by atoms with van der Waals surface area (Å²) in [6.45, 7) is 2.17. The van der Waals surface area contributed by atoms with Crippen molar-refractivity contribution in [3.8, 4) is 11.3 Å². The minimum Gasteiger partial charge on any atom is -0.354 e. The first-order chi connectivity index (χ1) is 9.79. The van der Waals surface area contributed by atoms with Crippen LogP contribution in [0, 0.1) is 12.2 Å². The number of benzene rings is 2. The van der Waals surface area contributed by atoms with Gasteiger partial charge in [-0.25, -0.2) is 4.39 Å². The molecule has 0 aliphatic carbocycles. The molecule has 0 atom stereocenters. The second-order valence-electron chi connectivity index (χ2n) is 4.96. The van der Waals surface area contributed by atoms with Crippen LogP contribution in [0.3, 0.4) is 0 Å². The van der Waals surface area contributed by atoms with E-state index in [2.05, 4.69) is 30.5 Å². The molecule has 1 radical (unpaired) electrons. The highest BCUT2D eigenvalue weighted by Crippen LogP contribution is 2.32. The molecule has 0 aliphatic rings. The maximum absolute atomic E-state index is 13.1. The third kappa shape index (κ3) is 2.34. The summed E-state index contributed by atoms with van der Waals surface area (Å²) < 4.78 is 13.1. The third-order valence-corrected chi connectivity index (χ3v) is 3.52. The Balaban J connectivity index is 2.15. The van der Waals surface area contributed by atoms with E-state index < -0.39 is 0 Å². The fourth-order valence-electron chi connectivity index (χ4n) is 2.51. The van der Waals surface area contributed by atoms with Gasteiger partial charge in [0.1, 0.15) is 5.82 Å². The van der Waals surface area contributed by atoms with Crippen LogP contribution in [-0.2, 0) is 0 Å². The molecule has 0 fully saturated rings. The highest BCUT2D eigenvalue weighted by molar-refractivity contribution is 5.92. The molecule has 1 aromatic heterocycles. The van der Waals surface area contributed by atoms with Crippen LogP contribution in [-0.4, -0.2) is 4.98 Å². The van der Waals surface area contributed by atoms with Crippen LogP contribution in [0.2, 0.25) is 0 Å². The largest absolute Gasteiger partial charge is 0.354 e. The number of hydrogen-bond donors (Lipinski definition) is 1. The second kappa shape index (κ2) is 5.49. The van der Waals surface area contributed by atoms with Crippen molar-refractivity contribution in [2.24, 2.45) is 0 Å². The summed E-state index contributed by atoms with van der Waals surface area (Å²) in [4.78, 5) is 3.46. The van der Waals surface area contributed by atoms with Gasteiger partial charge in [-0.05, 0) is 54.3 Å². The van der Waals surface area contributed by atoms with Crippen LogP contribution in [0.1, 0.15) is 25.3 Å². The normalized spacial score (nSPS) is 11.1. The molecule has 0 spiro atoms. The van der Waals surface area contributed by atoms with Crippen molar-refractivity contribution >= 4 is 10.9 Å². The quantitative estimate of drug-likeness (QED) is 0.657. The van der Waals surface area contributed by atoms with Gasteiger partial charge in [0.15, 0.2) is 0 Å². The van der Waals surface area contributed by atoms with Gasteiger partial charge in [0.2, 0.25) is 0 Å². The summed E-state index contributed by atoms with van der Waals surface area (Å²) in [5.74, 6) is -0.205. The van der Waals surface area contributed by atoms with E-state index in [1.54, 1.807) is 0 Å². The Bertz CT molecular complexity index is 710. The monoisotopic (exact) mass is 266 g/mol. The van der Waals surface area contributed by atoms with Gasteiger partial charge >= 0.3 is 0 Å². The molecule has 101 valence electrons. The van der Waals surface area contributed by atoms with Crippen LogP contribution in [0.5, 0.6) is 0 Å². The lowest BCUT2D eigenvalue weighted by atomic mass is 10.0. The molecule has 0 saturated carbocycles. The first-order valence-electron chi connectivity index (χ1n) is 6.99. The predicted octanol–water partition coefficient (Wildman–Crippen LogP) is 5.33. The number of nitrogens with one attached hydrogen (secondary N) is 1. The van der Waals surface area contributed by atoms with E-state index in [4.69, 9.17) is 0 Å². The van der Waals surface area contributed by atoms with Gasteiger partial charge in [-0.3, -0.25) is 0 Å². The lowest BCUT2D eigenvalue weighted by molar-refractivity contribution is 0.628. The predicted molar refractivity (Wildman–Crippen MR) is 82.0 cm³/mol. The van der Waals surface area contributed by atoms with E-state index in [0.29, 0.717) is 0 Å². The minimum absolute atomic E-state index is 0.205. The number of H-pyrrole nitrogens is 1. The van der Waals surface area contributed by atoms with Crippen molar-refractivity contribution in [3.63, 3.8) is 0 Å². The zero-order valence-corrected chi connectivity index (χ0v) is 11.5. The highest BCUT2D eigenvalue weighted by Gasteiger charge is 2.12. The Labute approximate surface area is 118 Å². The van der Waals surface area contributed by atoms with Crippen LogP contribution < -0.4 is 0 Å². The van der Waals surface area contributed by atoms with Crippen LogP contribution in [0.15, 0.2) is 48.5 Å². The zero-order chi connectivity index (χ0) is 13.9. The number of hydrogen-bond acceptors (Lipinski definition) is 0. The van der Waals surface area contributed by atoms with E-state index in [1.807, 2.05) is 24.3 Å². The number of unbranched alkanes of at least 4 members (excludes halogenated alkanes) is 1. The average molecular weight is 266 g/mol. The van der Waals surface area contributed by atoms with Gasteiger partial charge in [-0.1, -0.05) is 31.5 Å². The molecular weight excluding hydrogens is 249 g/mol. The number of aromatic amines is 1. The minimum atomic E-state index is -0.205. The Morgan fingerprint density at radius 2 is 1.80 bits per heavy atom. The maximum Gasteiger partial charge on any atom is 0.123 e. The van der Waals surface area contributed by atoms with Gasteiger partial charge in [0.05, 0.1) is 0 Å². The standard InChI is InChI=1S/C18H17FN/c1-2-3-6-16-15-7-4-5-8-17(15)20-18(16)13-9-11-14(19)12-10-13/h4-12,20H,2-3H2,1H3. The molecule has 0 unspecified atom stereocenters. The third-order valence-electron chi connectivity index (χ3n) is 3.52. The molecule has 1 nitrogen and oxygen atoms in total. The van der Waals surface area contributed by atoms with Gasteiger partial charge in [-0.15, -0.1) is 0 Å². The molecule has 0 amide bonds. The van der Waals surface area contributed by atoms with E-state index in [1.165, 1.54) is 23.1 Å². The smallest absolute Gasteiger partial charge is 0.123 e. The Morgan fingerprint density at radius 3 is 2.55 bits per heavy atom. The first kappa shape index (κ1) is 12.9. The molecule has 2 heteroatoms. The summed E-state index contributed by atoms with van der Waals surface area (Å²) in [5.41, 5.74) is 4.42.